The Hall–Kier alpha value is -0.570. The third-order valence-corrected chi connectivity index (χ3v) is 4.95. The smallest absolute Gasteiger partial charge is 0.305 e. The summed E-state index contributed by atoms with van der Waals surface area (Å²) in [5.41, 5.74) is 0. The molecule has 0 aromatic rings. The number of epoxide rings is 1. The normalized spacial score (nSPS) is 24.1. The molecule has 1 rings (SSSR count). The van der Waals surface area contributed by atoms with Crippen LogP contribution < -0.4 is 0 Å². The molecule has 0 spiro atoms. The van der Waals surface area contributed by atoms with Crippen LogP contribution in [0.2, 0.25) is 0 Å². The van der Waals surface area contributed by atoms with Gasteiger partial charge < -0.3 is 9.47 Å². The van der Waals surface area contributed by atoms with Gasteiger partial charge >= 0.3 is 5.97 Å². The quantitative estimate of drug-likeness (QED) is 0.131. The fraction of sp³-hybridized carbons (Fsp3) is 0.957. The summed E-state index contributed by atoms with van der Waals surface area (Å²) in [5, 5.41) is 0. The van der Waals surface area contributed by atoms with Crippen molar-refractivity contribution in [2.24, 2.45) is 0 Å². The largest absolute Gasteiger partial charge is 0.463 e. The van der Waals surface area contributed by atoms with E-state index in [1.54, 1.807) is 0 Å². The molecule has 0 aliphatic carbocycles. The van der Waals surface area contributed by atoms with Crippen LogP contribution in [0.3, 0.4) is 0 Å². The Balaban J connectivity index is 1.85. The highest BCUT2D eigenvalue weighted by Crippen LogP contribution is 2.14. The van der Waals surface area contributed by atoms with E-state index >= 15 is 0 Å². The third-order valence-electron chi connectivity index (χ3n) is 4.95. The number of hydrogen-bond donors (Lipinski definition) is 0. The Morgan fingerprint density at radius 3 is 1.65 bits per heavy atom. The van der Waals surface area contributed by atoms with Crippen molar-refractivity contribution in [3.05, 3.63) is 0 Å². The molecule has 1 atom stereocenters. The van der Waals surface area contributed by atoms with Crippen molar-refractivity contribution in [2.45, 2.75) is 129 Å². The second-order valence-electron chi connectivity index (χ2n) is 7.52. The van der Waals surface area contributed by atoms with E-state index < -0.39 is 25.2 Å². The summed E-state index contributed by atoms with van der Waals surface area (Å²) in [6, 6.07) is 0. The lowest BCUT2D eigenvalue weighted by molar-refractivity contribution is -0.144. The number of carbonyl (C=O) groups excluding carboxylic acids is 1. The molecule has 0 aromatic carbocycles. The van der Waals surface area contributed by atoms with E-state index in [9.17, 15) is 4.79 Å². The number of rotatable bonds is 20. The summed E-state index contributed by atoms with van der Waals surface area (Å²) in [7, 11) is 0. The molecule has 0 saturated carbocycles. The SMILES string of the molecule is [2H]C([2H])(OC(=O)CCCCCCCCCCCCCCCCCCC)C1([2H])OC1([2H])[2H]. The van der Waals surface area contributed by atoms with Gasteiger partial charge in [0.05, 0.1) is 13.4 Å². The average molecular weight is 374 g/mol. The zero-order valence-electron chi connectivity index (χ0n) is 22.0. The van der Waals surface area contributed by atoms with Crippen LogP contribution >= 0.6 is 0 Å². The van der Waals surface area contributed by atoms with Gasteiger partial charge in [0.15, 0.2) is 0 Å². The van der Waals surface area contributed by atoms with E-state index in [2.05, 4.69) is 16.4 Å². The predicted octanol–water partition coefficient (Wildman–Crippen LogP) is 6.97. The van der Waals surface area contributed by atoms with Gasteiger partial charge in [-0.15, -0.1) is 0 Å². The highest BCUT2D eigenvalue weighted by Gasteiger charge is 2.23. The first-order valence-corrected chi connectivity index (χ1v) is 11.1. The molecule has 1 heterocycles. The zero-order chi connectivity index (χ0) is 23.2. The molecule has 154 valence electrons. The van der Waals surface area contributed by atoms with E-state index in [1.807, 2.05) is 0 Å². The average Bonchev–Trinajstić information content (AvgIpc) is 3.23. The lowest BCUT2D eigenvalue weighted by Crippen LogP contribution is -2.09. The number of esters is 1. The Morgan fingerprint density at radius 2 is 1.27 bits per heavy atom. The maximum Gasteiger partial charge on any atom is 0.305 e. The van der Waals surface area contributed by atoms with Crippen molar-refractivity contribution in [1.29, 1.82) is 0 Å². The van der Waals surface area contributed by atoms with Crippen LogP contribution in [0.1, 0.15) is 129 Å². The Kier molecular flexibility index (Phi) is 11.2. The molecule has 1 fully saturated rings. The van der Waals surface area contributed by atoms with Gasteiger partial charge in [0.2, 0.25) is 0 Å². The van der Waals surface area contributed by atoms with E-state index in [0.29, 0.717) is 6.42 Å². The fourth-order valence-electron chi connectivity index (χ4n) is 3.22. The summed E-state index contributed by atoms with van der Waals surface area (Å²) in [4.78, 5) is 11.8. The first-order valence-electron chi connectivity index (χ1n) is 13.6. The highest BCUT2D eigenvalue weighted by molar-refractivity contribution is 5.69. The van der Waals surface area contributed by atoms with Crippen LogP contribution in [0.15, 0.2) is 0 Å². The van der Waals surface area contributed by atoms with Crippen molar-refractivity contribution in [3.63, 3.8) is 0 Å². The number of carbonyl (C=O) groups is 1. The van der Waals surface area contributed by atoms with Gasteiger partial charge in [-0.25, -0.2) is 0 Å². The van der Waals surface area contributed by atoms with Gasteiger partial charge in [-0.1, -0.05) is 110 Å². The van der Waals surface area contributed by atoms with Gasteiger partial charge in [-0.2, -0.15) is 0 Å². The molecule has 3 nitrogen and oxygen atoms in total. The third kappa shape index (κ3) is 16.9. The summed E-state index contributed by atoms with van der Waals surface area (Å²) < 4.78 is 46.5. The Morgan fingerprint density at radius 1 is 0.885 bits per heavy atom. The van der Waals surface area contributed by atoms with Gasteiger partial charge in [0, 0.05) is 6.42 Å². The molecule has 0 aromatic heterocycles. The van der Waals surface area contributed by atoms with E-state index in [0.717, 1.165) is 19.3 Å². The standard InChI is InChI=1S/C23H44O3/c1-2-3-4-5-6-7-8-9-10-11-12-13-14-15-16-17-18-19-23(24)26-21-22-20-25-22/h22H,2-21H2,1H3/i20D2,21D2,22D. The molecule has 0 bridgehead atoms. The minimum Gasteiger partial charge on any atom is -0.463 e. The Bertz CT molecular complexity index is 502. The van der Waals surface area contributed by atoms with Crippen LogP contribution in [-0.4, -0.2) is 25.2 Å². The van der Waals surface area contributed by atoms with Gasteiger partial charge in [0.1, 0.15) is 12.6 Å². The van der Waals surface area contributed by atoms with Crippen molar-refractivity contribution in [1.82, 2.24) is 0 Å². The van der Waals surface area contributed by atoms with E-state index in [-0.39, 0.29) is 6.42 Å². The van der Waals surface area contributed by atoms with Gasteiger partial charge in [0.25, 0.3) is 0 Å². The van der Waals surface area contributed by atoms with E-state index in [1.165, 1.54) is 83.5 Å². The first-order chi connectivity index (χ1) is 14.7. The monoisotopic (exact) mass is 373 g/mol. The van der Waals surface area contributed by atoms with E-state index in [4.69, 9.17) is 6.85 Å². The summed E-state index contributed by atoms with van der Waals surface area (Å²) in [5.74, 6) is -0.746. The van der Waals surface area contributed by atoms with Crippen LogP contribution in [-0.2, 0) is 14.3 Å². The summed E-state index contributed by atoms with van der Waals surface area (Å²) in [6.07, 6.45) is 18.9. The molecule has 0 radical (unpaired) electrons. The molecule has 0 N–H and O–H groups in total. The second-order valence-corrected chi connectivity index (χ2v) is 7.52. The molecule has 1 aliphatic rings. The topological polar surface area (TPSA) is 38.8 Å². The van der Waals surface area contributed by atoms with Gasteiger partial charge in [-0.3, -0.25) is 4.79 Å². The molecule has 0 amide bonds. The maximum atomic E-state index is 11.8. The lowest BCUT2D eigenvalue weighted by Gasteiger charge is -2.04. The van der Waals surface area contributed by atoms with Crippen molar-refractivity contribution < 1.29 is 21.1 Å². The second kappa shape index (κ2) is 17.8. The summed E-state index contributed by atoms with van der Waals surface area (Å²) in [6.45, 7) is -2.96. The number of hydrogen-bond acceptors (Lipinski definition) is 3. The predicted molar refractivity (Wildman–Crippen MR) is 109 cm³/mol. The Labute approximate surface area is 169 Å². The van der Waals surface area contributed by atoms with Crippen molar-refractivity contribution >= 4 is 5.97 Å². The molecule has 1 unspecified atom stereocenters. The number of unbranched alkanes of at least 4 members (excludes halogenated alkanes) is 16. The summed E-state index contributed by atoms with van der Waals surface area (Å²) >= 11 is 0. The van der Waals surface area contributed by atoms with Crippen LogP contribution in [0, 0.1) is 0 Å². The van der Waals surface area contributed by atoms with Crippen molar-refractivity contribution in [3.8, 4) is 0 Å². The highest BCUT2D eigenvalue weighted by atomic mass is 16.6. The molecule has 1 aliphatic heterocycles. The van der Waals surface area contributed by atoms with Crippen LogP contribution in [0.5, 0.6) is 0 Å². The minimum absolute atomic E-state index is 0.0805. The van der Waals surface area contributed by atoms with Crippen molar-refractivity contribution in [2.75, 3.05) is 13.1 Å². The number of ether oxygens (including phenoxy) is 2. The first kappa shape index (κ1) is 16.4. The van der Waals surface area contributed by atoms with Crippen LogP contribution in [0.4, 0.5) is 0 Å². The lowest BCUT2D eigenvalue weighted by atomic mass is 10.0. The fourth-order valence-corrected chi connectivity index (χ4v) is 3.22. The van der Waals surface area contributed by atoms with Gasteiger partial charge in [-0.05, 0) is 6.42 Å². The molecule has 1 saturated heterocycles. The zero-order valence-corrected chi connectivity index (χ0v) is 17.0. The molecule has 26 heavy (non-hydrogen) atoms. The molecular weight excluding hydrogens is 324 g/mol. The maximum absolute atomic E-state index is 11.8. The molecular formula is C23H44O3. The van der Waals surface area contributed by atoms with Crippen LogP contribution in [0.25, 0.3) is 0 Å². The minimum atomic E-state index is -2.79. The molecule has 3 heteroatoms.